The van der Waals surface area contributed by atoms with Crippen LogP contribution in [0.2, 0.25) is 0 Å². The summed E-state index contributed by atoms with van der Waals surface area (Å²) in [6.45, 7) is 1.34. The van der Waals surface area contributed by atoms with Crippen LogP contribution in [0.4, 0.5) is 16.3 Å². The van der Waals surface area contributed by atoms with Gasteiger partial charge in [-0.25, -0.2) is 4.79 Å². The highest BCUT2D eigenvalue weighted by Crippen LogP contribution is 2.24. The molecule has 186 valence electrons. The molecule has 1 aromatic carbocycles. The number of hydrogen-bond acceptors (Lipinski definition) is 6. The molecule has 2 amide bonds. The monoisotopic (exact) mass is 497 g/mol. The second-order valence-electron chi connectivity index (χ2n) is 8.82. The Balaban J connectivity index is 1.64. The molecule has 4 rings (SSSR count). The van der Waals surface area contributed by atoms with Gasteiger partial charge in [-0.2, -0.15) is 0 Å². The summed E-state index contributed by atoms with van der Waals surface area (Å²) in [6.07, 6.45) is 7.16. The van der Waals surface area contributed by atoms with Crippen LogP contribution < -0.4 is 21.9 Å². The Morgan fingerprint density at radius 1 is 1.14 bits per heavy atom. The minimum atomic E-state index is -0.685. The van der Waals surface area contributed by atoms with Gasteiger partial charge in [0.25, 0.3) is 10.8 Å². The zero-order chi connectivity index (χ0) is 24.8. The number of carbonyl (C=O) groups is 2. The molecule has 1 aliphatic heterocycles. The molecule has 1 saturated heterocycles. The first-order valence-corrected chi connectivity index (χ1v) is 13.0. The minimum Gasteiger partial charge on any atom is -0.383 e. The number of allylic oxidation sites excluding steroid dienone is 1. The van der Waals surface area contributed by atoms with Crippen molar-refractivity contribution in [3.63, 3.8) is 0 Å². The van der Waals surface area contributed by atoms with Gasteiger partial charge in [0, 0.05) is 31.8 Å². The first-order chi connectivity index (χ1) is 16.9. The van der Waals surface area contributed by atoms with Gasteiger partial charge >= 0.3 is 5.69 Å². The zero-order valence-corrected chi connectivity index (χ0v) is 20.5. The molecule has 0 bridgehead atoms. The molecule has 3 N–H and O–H groups in total. The lowest BCUT2D eigenvalue weighted by Crippen LogP contribution is -2.42. The molecule has 10 heteroatoms. The van der Waals surface area contributed by atoms with E-state index in [2.05, 4.69) is 11.1 Å². The molecule has 1 aromatic heterocycles. The van der Waals surface area contributed by atoms with E-state index in [-0.39, 0.29) is 48.7 Å². The van der Waals surface area contributed by atoms with Crippen LogP contribution in [0.1, 0.15) is 44.1 Å². The highest BCUT2D eigenvalue weighted by molar-refractivity contribution is 8.13. The molecular weight excluding hydrogens is 466 g/mol. The van der Waals surface area contributed by atoms with E-state index in [1.807, 2.05) is 30.3 Å². The molecule has 1 aliphatic carbocycles. The van der Waals surface area contributed by atoms with Crippen LogP contribution in [0.25, 0.3) is 0 Å². The van der Waals surface area contributed by atoms with Gasteiger partial charge in [0.15, 0.2) is 5.69 Å². The van der Waals surface area contributed by atoms with Crippen molar-refractivity contribution >= 4 is 34.4 Å². The average Bonchev–Trinajstić information content (AvgIpc) is 3.28. The van der Waals surface area contributed by atoms with Gasteiger partial charge in [-0.15, -0.1) is 0 Å². The van der Waals surface area contributed by atoms with E-state index in [4.69, 9.17) is 5.73 Å². The number of hydrogen-bond donors (Lipinski definition) is 2. The predicted molar refractivity (Wildman–Crippen MR) is 139 cm³/mol. The average molecular weight is 498 g/mol. The summed E-state index contributed by atoms with van der Waals surface area (Å²) < 4.78 is 1.28. The van der Waals surface area contributed by atoms with Gasteiger partial charge in [0.1, 0.15) is 5.82 Å². The van der Waals surface area contributed by atoms with Gasteiger partial charge in [-0.3, -0.25) is 23.9 Å². The number of aromatic amines is 1. The number of amides is 2. The molecule has 0 radical (unpaired) electrons. The summed E-state index contributed by atoms with van der Waals surface area (Å²) in [4.78, 5) is 56.3. The smallest absolute Gasteiger partial charge is 0.330 e. The van der Waals surface area contributed by atoms with E-state index in [1.165, 1.54) is 26.8 Å². The molecule has 35 heavy (non-hydrogen) atoms. The fourth-order valence-corrected chi connectivity index (χ4v) is 5.36. The Kier molecular flexibility index (Phi) is 8.12. The summed E-state index contributed by atoms with van der Waals surface area (Å²) in [6, 6.07) is 9.31. The number of nitrogens with one attached hydrogen (secondary N) is 1. The number of nitrogens with zero attached hydrogens (tertiary/aromatic N) is 3. The molecule has 2 aromatic rings. The molecule has 0 unspecified atom stereocenters. The summed E-state index contributed by atoms with van der Waals surface area (Å²) in [5.74, 6) is 0.372. The van der Waals surface area contributed by atoms with Crippen molar-refractivity contribution in [2.45, 2.75) is 45.1 Å². The van der Waals surface area contributed by atoms with Gasteiger partial charge in [0.05, 0.1) is 6.54 Å². The van der Waals surface area contributed by atoms with Gasteiger partial charge < -0.3 is 15.5 Å². The first-order valence-electron chi connectivity index (χ1n) is 12.0. The van der Waals surface area contributed by atoms with Crippen LogP contribution in [0, 0.1) is 0 Å². The number of anilines is 2. The number of nitrogen functional groups attached to an aromatic ring is 1. The topological polar surface area (TPSA) is 122 Å². The zero-order valence-electron chi connectivity index (χ0n) is 19.7. The Morgan fingerprint density at radius 3 is 2.63 bits per heavy atom. The van der Waals surface area contributed by atoms with Crippen LogP contribution >= 0.6 is 11.8 Å². The van der Waals surface area contributed by atoms with Gasteiger partial charge in [-0.05, 0) is 37.7 Å². The van der Waals surface area contributed by atoms with Crippen LogP contribution in [0.3, 0.4) is 0 Å². The van der Waals surface area contributed by atoms with E-state index >= 15 is 0 Å². The third kappa shape index (κ3) is 6.05. The minimum absolute atomic E-state index is 0.0101. The number of rotatable bonds is 9. The number of benzene rings is 1. The van der Waals surface area contributed by atoms with Crippen molar-refractivity contribution in [2.75, 3.05) is 36.0 Å². The van der Waals surface area contributed by atoms with Gasteiger partial charge in [-0.1, -0.05) is 53.7 Å². The summed E-state index contributed by atoms with van der Waals surface area (Å²) >= 11 is 1.24. The summed E-state index contributed by atoms with van der Waals surface area (Å²) in [5.41, 5.74) is 7.17. The molecule has 1 fully saturated rings. The quantitative estimate of drug-likeness (QED) is 0.514. The Bertz CT molecular complexity index is 1220. The van der Waals surface area contributed by atoms with Crippen LogP contribution in [0.15, 0.2) is 51.6 Å². The molecular formula is C25H31N5O4S. The Morgan fingerprint density at radius 2 is 1.94 bits per heavy atom. The third-order valence-electron chi connectivity index (χ3n) is 6.45. The van der Waals surface area contributed by atoms with Crippen molar-refractivity contribution in [1.29, 1.82) is 0 Å². The van der Waals surface area contributed by atoms with E-state index in [9.17, 15) is 19.2 Å². The van der Waals surface area contributed by atoms with Crippen molar-refractivity contribution < 1.29 is 9.59 Å². The van der Waals surface area contributed by atoms with Crippen LogP contribution in [-0.4, -0.2) is 51.0 Å². The third-order valence-corrected chi connectivity index (χ3v) is 7.34. The van der Waals surface area contributed by atoms with Crippen molar-refractivity contribution in [3.05, 3.63) is 68.4 Å². The maximum atomic E-state index is 13.4. The largest absolute Gasteiger partial charge is 0.383 e. The maximum Gasteiger partial charge on any atom is 0.330 e. The fraction of sp³-hybridized carbons (Fsp3) is 0.440. The molecule has 2 aliphatic rings. The van der Waals surface area contributed by atoms with E-state index < -0.39 is 11.2 Å². The lowest BCUT2D eigenvalue weighted by molar-refractivity contribution is -0.118. The number of carbonyl (C=O) groups excluding carboxylic acids is 2. The van der Waals surface area contributed by atoms with Crippen LogP contribution in [-0.2, 0) is 11.3 Å². The number of aromatic nitrogens is 2. The summed E-state index contributed by atoms with van der Waals surface area (Å²) in [5, 5.41) is -0.0366. The fourth-order valence-electron chi connectivity index (χ4n) is 4.50. The summed E-state index contributed by atoms with van der Waals surface area (Å²) in [7, 11) is 0. The van der Waals surface area contributed by atoms with Crippen molar-refractivity contribution in [3.8, 4) is 0 Å². The lowest BCUT2D eigenvalue weighted by Gasteiger charge is -2.26. The number of H-pyrrole nitrogens is 1. The van der Waals surface area contributed by atoms with Crippen LogP contribution in [0.5, 0.6) is 0 Å². The van der Waals surface area contributed by atoms with Crippen molar-refractivity contribution in [2.24, 2.45) is 0 Å². The number of thioether (sulfide) groups is 1. The SMILES string of the molecule is Nc1c(N(CCC2=CCCCC2)C(=O)CCN2CCSC2=O)c(=O)[nH]c(=O)n1Cc1ccccc1. The lowest BCUT2D eigenvalue weighted by atomic mass is 9.97. The highest BCUT2D eigenvalue weighted by Gasteiger charge is 2.27. The second kappa shape index (κ2) is 11.4. The normalized spacial score (nSPS) is 15.8. The number of nitrogens with two attached hydrogens (primary N) is 1. The molecule has 2 heterocycles. The molecule has 9 nitrogen and oxygen atoms in total. The molecule has 0 saturated carbocycles. The Labute approximate surface area is 208 Å². The predicted octanol–water partition coefficient (Wildman–Crippen LogP) is 2.95. The Hall–Kier alpha value is -3.27. The van der Waals surface area contributed by atoms with E-state index in [1.54, 1.807) is 4.90 Å². The van der Waals surface area contributed by atoms with E-state index in [0.717, 1.165) is 31.2 Å². The molecule has 0 atom stereocenters. The first kappa shape index (κ1) is 24.8. The maximum absolute atomic E-state index is 13.4. The van der Waals surface area contributed by atoms with Gasteiger partial charge in [0.2, 0.25) is 5.91 Å². The van der Waals surface area contributed by atoms with Crippen molar-refractivity contribution in [1.82, 2.24) is 14.5 Å². The standard InChI is InChI=1S/C25H31N5O4S/c26-22-21(23(32)27-24(33)30(22)17-19-9-5-2-6-10-19)29(14-11-18-7-3-1-4-8-18)20(31)12-13-28-15-16-35-25(28)34/h2,5-7,9-10H,1,3-4,8,11-17,26H2,(H,27,32,33). The molecule has 0 spiro atoms. The highest BCUT2D eigenvalue weighted by atomic mass is 32.2. The second-order valence-corrected chi connectivity index (χ2v) is 9.87. The van der Waals surface area contributed by atoms with E-state index in [0.29, 0.717) is 18.7 Å².